The van der Waals surface area contributed by atoms with E-state index in [4.69, 9.17) is 21.4 Å². The van der Waals surface area contributed by atoms with Crippen LogP contribution in [0, 0.1) is 6.92 Å². The largest absolute Gasteiger partial charge is 0.482 e. The summed E-state index contributed by atoms with van der Waals surface area (Å²) < 4.78 is 5.00. The average Bonchev–Trinajstić information content (AvgIpc) is 2.02. The van der Waals surface area contributed by atoms with E-state index in [1.807, 2.05) is 6.92 Å². The van der Waals surface area contributed by atoms with E-state index >= 15 is 0 Å². The summed E-state index contributed by atoms with van der Waals surface area (Å²) in [6.45, 7) is 1.48. The van der Waals surface area contributed by atoms with Gasteiger partial charge in [-0.05, 0) is 30.7 Å². The topological polar surface area (TPSA) is 46.5 Å². The zero-order chi connectivity index (χ0) is 9.84. The van der Waals surface area contributed by atoms with Gasteiger partial charge in [0.2, 0.25) is 0 Å². The third-order valence-electron chi connectivity index (χ3n) is 1.49. The first-order chi connectivity index (χ1) is 6.09. The molecule has 1 aromatic carbocycles. The maximum Gasteiger partial charge on any atom is 0.341 e. The van der Waals surface area contributed by atoms with Crippen molar-refractivity contribution in [3.8, 4) is 5.75 Å². The Morgan fingerprint density at radius 2 is 2.21 bits per heavy atom. The number of rotatable bonds is 3. The van der Waals surface area contributed by atoms with Crippen LogP contribution in [-0.4, -0.2) is 47.2 Å². The van der Waals surface area contributed by atoms with Crippen LogP contribution in [0.2, 0.25) is 5.02 Å². The monoisotopic (exact) mass is 223 g/mol. The summed E-state index contributed by atoms with van der Waals surface area (Å²) in [4.78, 5) is 10.2. The van der Waals surface area contributed by atoms with Crippen molar-refractivity contribution >= 4 is 47.1 Å². The molecule has 0 saturated carbocycles. The zero-order valence-corrected chi connectivity index (χ0v) is 10.8. The Labute approximate surface area is 109 Å². The first kappa shape index (κ1) is 13.8. The van der Waals surface area contributed by atoms with Crippen LogP contribution in [0.25, 0.3) is 0 Å². The predicted molar refractivity (Wildman–Crippen MR) is 55.1 cm³/mol. The SMILES string of the molecule is Cc1cc(Cl)ccc1OCC(=O)O.[Na]. The van der Waals surface area contributed by atoms with Crippen molar-refractivity contribution in [1.82, 2.24) is 0 Å². The fourth-order valence-electron chi connectivity index (χ4n) is 0.914. The van der Waals surface area contributed by atoms with Crippen molar-refractivity contribution in [3.05, 3.63) is 28.8 Å². The van der Waals surface area contributed by atoms with Crippen molar-refractivity contribution in [2.45, 2.75) is 6.92 Å². The molecular weight excluding hydrogens is 215 g/mol. The second-order valence-corrected chi connectivity index (χ2v) is 3.03. The average molecular weight is 224 g/mol. The molecule has 1 N–H and O–H groups in total. The molecule has 71 valence electrons. The molecule has 0 saturated heterocycles. The fraction of sp³-hybridized carbons (Fsp3) is 0.222. The van der Waals surface area contributed by atoms with Crippen molar-refractivity contribution in [2.75, 3.05) is 6.61 Å². The van der Waals surface area contributed by atoms with Gasteiger partial charge in [-0.1, -0.05) is 11.6 Å². The number of hydrogen-bond acceptors (Lipinski definition) is 2. The van der Waals surface area contributed by atoms with Crippen LogP contribution in [0.3, 0.4) is 0 Å². The number of benzene rings is 1. The van der Waals surface area contributed by atoms with E-state index in [1.54, 1.807) is 18.2 Å². The van der Waals surface area contributed by atoms with E-state index in [0.717, 1.165) is 5.56 Å². The molecule has 0 amide bonds. The Hall–Kier alpha value is -0.220. The smallest absolute Gasteiger partial charge is 0.341 e. The second-order valence-electron chi connectivity index (χ2n) is 2.59. The van der Waals surface area contributed by atoms with Crippen LogP contribution in [0.1, 0.15) is 5.56 Å². The van der Waals surface area contributed by atoms with Crippen molar-refractivity contribution in [1.29, 1.82) is 0 Å². The molecule has 0 unspecified atom stereocenters. The molecule has 1 rings (SSSR count). The molecule has 0 heterocycles. The van der Waals surface area contributed by atoms with Gasteiger partial charge in [-0.25, -0.2) is 4.79 Å². The molecule has 14 heavy (non-hydrogen) atoms. The molecule has 0 aromatic heterocycles. The predicted octanol–water partition coefficient (Wildman–Crippen LogP) is 1.73. The number of halogens is 1. The molecule has 1 radical (unpaired) electrons. The van der Waals surface area contributed by atoms with Gasteiger partial charge in [0.15, 0.2) is 6.61 Å². The first-order valence-corrected chi connectivity index (χ1v) is 4.08. The van der Waals surface area contributed by atoms with Gasteiger partial charge >= 0.3 is 5.97 Å². The normalized spacial score (nSPS) is 9.00. The number of aliphatic carboxylic acids is 1. The van der Waals surface area contributed by atoms with E-state index in [2.05, 4.69) is 0 Å². The van der Waals surface area contributed by atoms with Gasteiger partial charge in [-0.2, -0.15) is 0 Å². The molecule has 0 bridgehead atoms. The molecule has 0 spiro atoms. The first-order valence-electron chi connectivity index (χ1n) is 3.70. The minimum atomic E-state index is -0.991. The Bertz CT molecular complexity index is 328. The van der Waals surface area contributed by atoms with Gasteiger partial charge in [0.05, 0.1) is 0 Å². The Morgan fingerprint density at radius 1 is 1.57 bits per heavy atom. The van der Waals surface area contributed by atoms with Crippen LogP contribution >= 0.6 is 11.6 Å². The van der Waals surface area contributed by atoms with Crippen LogP contribution in [0.15, 0.2) is 18.2 Å². The van der Waals surface area contributed by atoms with Crippen molar-refractivity contribution in [3.63, 3.8) is 0 Å². The molecule has 0 aliphatic carbocycles. The molecule has 0 fully saturated rings. The number of hydrogen-bond donors (Lipinski definition) is 1. The van der Waals surface area contributed by atoms with Gasteiger partial charge in [0, 0.05) is 34.6 Å². The number of ether oxygens (including phenoxy) is 1. The Kier molecular flexibility index (Phi) is 6.20. The summed E-state index contributed by atoms with van der Waals surface area (Å²) in [5.41, 5.74) is 0.828. The number of carboxylic acids is 1. The van der Waals surface area contributed by atoms with Gasteiger partial charge < -0.3 is 9.84 Å². The van der Waals surface area contributed by atoms with Crippen LogP contribution in [0.5, 0.6) is 5.75 Å². The van der Waals surface area contributed by atoms with Crippen molar-refractivity contribution < 1.29 is 14.6 Å². The molecule has 0 atom stereocenters. The number of carboxylic acid groups (broad SMARTS) is 1. The zero-order valence-electron chi connectivity index (χ0n) is 8.08. The summed E-state index contributed by atoms with van der Waals surface area (Å²) in [7, 11) is 0. The van der Waals surface area contributed by atoms with Gasteiger partial charge in [-0.3, -0.25) is 0 Å². The van der Waals surface area contributed by atoms with E-state index < -0.39 is 5.97 Å². The summed E-state index contributed by atoms with van der Waals surface area (Å²) in [6.07, 6.45) is 0. The molecule has 0 aliphatic rings. The maximum absolute atomic E-state index is 10.2. The molecule has 0 aliphatic heterocycles. The Morgan fingerprint density at radius 3 is 2.71 bits per heavy atom. The minimum absolute atomic E-state index is 0. The van der Waals surface area contributed by atoms with Gasteiger partial charge in [-0.15, -0.1) is 0 Å². The summed E-state index contributed by atoms with van der Waals surface area (Å²) in [5.74, 6) is -0.443. The third kappa shape index (κ3) is 4.33. The van der Waals surface area contributed by atoms with Gasteiger partial charge in [0.1, 0.15) is 5.75 Å². The van der Waals surface area contributed by atoms with E-state index in [1.165, 1.54) is 0 Å². The summed E-state index contributed by atoms with van der Waals surface area (Å²) in [5, 5.41) is 8.98. The summed E-state index contributed by atoms with van der Waals surface area (Å²) in [6, 6.07) is 5.03. The summed E-state index contributed by atoms with van der Waals surface area (Å²) >= 11 is 5.71. The molecule has 1 aromatic rings. The van der Waals surface area contributed by atoms with Gasteiger partial charge in [0.25, 0.3) is 0 Å². The fourth-order valence-corrected chi connectivity index (χ4v) is 1.14. The van der Waals surface area contributed by atoms with Crippen LogP contribution < -0.4 is 4.74 Å². The maximum atomic E-state index is 10.2. The molecular formula is C9H9ClNaO3. The quantitative estimate of drug-likeness (QED) is 0.794. The van der Waals surface area contributed by atoms with Crippen molar-refractivity contribution in [2.24, 2.45) is 0 Å². The minimum Gasteiger partial charge on any atom is -0.482 e. The van der Waals surface area contributed by atoms with Crippen LogP contribution in [0.4, 0.5) is 0 Å². The van der Waals surface area contributed by atoms with E-state index in [-0.39, 0.29) is 36.2 Å². The molecule has 5 heteroatoms. The van der Waals surface area contributed by atoms with E-state index in [9.17, 15) is 4.79 Å². The van der Waals surface area contributed by atoms with E-state index in [0.29, 0.717) is 10.8 Å². The standard InChI is InChI=1S/C9H9ClO3.Na/c1-6-4-7(10)2-3-8(6)13-5-9(11)12;/h2-4H,5H2,1H3,(H,11,12);. The van der Waals surface area contributed by atoms with Crippen LogP contribution in [-0.2, 0) is 4.79 Å². The number of carbonyl (C=O) groups is 1. The molecule has 3 nitrogen and oxygen atoms in total. The Balaban J connectivity index is 0.00000169. The second kappa shape index (κ2) is 6.30. The number of aryl methyl sites for hydroxylation is 1. The third-order valence-corrected chi connectivity index (χ3v) is 1.72.